The molecule has 0 spiro atoms. The van der Waals surface area contributed by atoms with Gasteiger partial charge in [0.25, 0.3) is 0 Å². The minimum atomic E-state index is -3.18. The van der Waals surface area contributed by atoms with Crippen molar-refractivity contribution < 1.29 is 23.4 Å². The molecule has 1 aliphatic rings. The van der Waals surface area contributed by atoms with E-state index < -0.39 is 16.6 Å². The van der Waals surface area contributed by atoms with E-state index in [9.17, 15) is 18.3 Å². The first-order valence-corrected chi connectivity index (χ1v) is 15.5. The van der Waals surface area contributed by atoms with Crippen LogP contribution in [0.3, 0.4) is 0 Å². The maximum Gasteiger partial charge on any atom is 0.317 e. The van der Waals surface area contributed by atoms with Gasteiger partial charge in [-0.05, 0) is 55.0 Å². The summed E-state index contributed by atoms with van der Waals surface area (Å²) in [5, 5.41) is 11.9. The second-order valence-electron chi connectivity index (χ2n) is 9.71. The topological polar surface area (TPSA) is 93.0 Å². The van der Waals surface area contributed by atoms with E-state index in [2.05, 4.69) is 24.1 Å². The van der Waals surface area contributed by atoms with Crippen LogP contribution in [0.25, 0.3) is 0 Å². The fourth-order valence-corrected chi connectivity index (χ4v) is 7.92. The van der Waals surface area contributed by atoms with E-state index in [1.165, 1.54) is 23.9 Å². The average Bonchev–Trinajstić information content (AvgIpc) is 2.93. The van der Waals surface area contributed by atoms with E-state index in [-0.39, 0.29) is 23.5 Å². The standard InChI is InChI=1S/C27H39FN2O4S2/c1-4-6-11-27(12-7-5-2)18-30(22-10-8-9-21(28)14-22)23-15-24(35-3)20(16-29-17-26(31)32)13-25(23)36(33,34)19-27/h8-10,13-15,29,33-34H,4-7,11-12,16-19H2,1-3H3,(H,31,32). The second-order valence-corrected chi connectivity index (χ2v) is 12.6. The van der Waals surface area contributed by atoms with Crippen LogP contribution in [-0.4, -0.2) is 45.3 Å². The summed E-state index contributed by atoms with van der Waals surface area (Å²) in [7, 11) is -3.18. The van der Waals surface area contributed by atoms with Gasteiger partial charge in [0.15, 0.2) is 0 Å². The van der Waals surface area contributed by atoms with Gasteiger partial charge < -0.3 is 15.3 Å². The number of unbranched alkanes of at least 4 members (excludes halogenated alkanes) is 2. The molecule has 0 bridgehead atoms. The highest BCUT2D eigenvalue weighted by Crippen LogP contribution is 2.61. The Morgan fingerprint density at radius 3 is 2.44 bits per heavy atom. The SMILES string of the molecule is CCCCC1(CCCC)CN(c2cccc(F)c2)c2cc(SC)c(CNCC(=O)O)cc2S(O)(O)C1. The third-order valence-electron chi connectivity index (χ3n) is 6.84. The van der Waals surface area contributed by atoms with Crippen LogP contribution in [0.4, 0.5) is 15.8 Å². The number of carboxylic acid groups (broad SMARTS) is 1. The lowest BCUT2D eigenvalue weighted by Crippen LogP contribution is -2.38. The minimum Gasteiger partial charge on any atom is -0.480 e. The first kappa shape index (κ1) is 28.8. The van der Waals surface area contributed by atoms with Gasteiger partial charge in [-0.3, -0.25) is 13.9 Å². The number of carbonyl (C=O) groups is 1. The zero-order valence-corrected chi connectivity index (χ0v) is 23.1. The van der Waals surface area contributed by atoms with Crippen LogP contribution in [0.1, 0.15) is 57.9 Å². The summed E-state index contributed by atoms with van der Waals surface area (Å²) in [5.41, 5.74) is 1.85. The summed E-state index contributed by atoms with van der Waals surface area (Å²) < 4.78 is 37.7. The molecule has 0 aliphatic carbocycles. The zero-order chi connectivity index (χ0) is 26.3. The molecule has 6 nitrogen and oxygen atoms in total. The van der Waals surface area contributed by atoms with E-state index in [1.807, 2.05) is 24.5 Å². The summed E-state index contributed by atoms with van der Waals surface area (Å²) in [6.45, 7) is 4.96. The number of nitrogens with one attached hydrogen (secondary N) is 1. The third kappa shape index (κ3) is 6.95. The highest BCUT2D eigenvalue weighted by Gasteiger charge is 2.42. The molecule has 3 rings (SSSR count). The van der Waals surface area contributed by atoms with E-state index >= 15 is 0 Å². The number of anilines is 2. The minimum absolute atomic E-state index is 0.187. The molecule has 0 atom stereocenters. The molecule has 2 aromatic carbocycles. The highest BCUT2D eigenvalue weighted by atomic mass is 32.3. The summed E-state index contributed by atoms with van der Waals surface area (Å²) in [6, 6.07) is 10.2. The predicted octanol–water partition coefficient (Wildman–Crippen LogP) is 7.35. The molecule has 0 saturated heterocycles. The molecule has 2 aromatic rings. The average molecular weight is 539 g/mol. The molecule has 0 amide bonds. The predicted molar refractivity (Wildman–Crippen MR) is 148 cm³/mol. The van der Waals surface area contributed by atoms with Gasteiger partial charge in [-0.2, -0.15) is 10.6 Å². The van der Waals surface area contributed by atoms with Crippen LogP contribution in [0.15, 0.2) is 46.2 Å². The van der Waals surface area contributed by atoms with Crippen LogP contribution >= 0.6 is 22.4 Å². The van der Waals surface area contributed by atoms with Crippen molar-refractivity contribution in [1.29, 1.82) is 0 Å². The van der Waals surface area contributed by atoms with E-state index in [0.29, 0.717) is 29.4 Å². The van der Waals surface area contributed by atoms with Crippen LogP contribution < -0.4 is 10.2 Å². The third-order valence-corrected chi connectivity index (χ3v) is 9.70. The molecular weight excluding hydrogens is 499 g/mol. The van der Waals surface area contributed by atoms with Crippen LogP contribution in [0.2, 0.25) is 0 Å². The number of thioether (sulfide) groups is 1. The second kappa shape index (κ2) is 12.6. The monoisotopic (exact) mass is 538 g/mol. The first-order valence-electron chi connectivity index (χ1n) is 12.6. The maximum absolute atomic E-state index is 14.4. The number of hydrogen-bond donors (Lipinski definition) is 4. The number of rotatable bonds is 12. The molecule has 0 radical (unpaired) electrons. The van der Waals surface area contributed by atoms with Gasteiger partial charge in [-0.1, -0.05) is 45.6 Å². The Hall–Kier alpha value is -1.78. The lowest BCUT2D eigenvalue weighted by Gasteiger charge is -2.42. The smallest absolute Gasteiger partial charge is 0.317 e. The molecule has 200 valence electrons. The van der Waals surface area contributed by atoms with Gasteiger partial charge in [0, 0.05) is 34.8 Å². The Morgan fingerprint density at radius 2 is 1.86 bits per heavy atom. The zero-order valence-electron chi connectivity index (χ0n) is 21.4. The van der Waals surface area contributed by atoms with Gasteiger partial charge in [0.2, 0.25) is 0 Å². The molecule has 0 aromatic heterocycles. The maximum atomic E-state index is 14.4. The van der Waals surface area contributed by atoms with Crippen LogP contribution in [0.5, 0.6) is 0 Å². The molecule has 0 unspecified atom stereocenters. The van der Waals surface area contributed by atoms with Crippen molar-refractivity contribution >= 4 is 39.7 Å². The molecule has 1 heterocycles. The lowest BCUT2D eigenvalue weighted by atomic mass is 9.79. The number of benzene rings is 2. The summed E-state index contributed by atoms with van der Waals surface area (Å²) >= 11 is 1.52. The first-order chi connectivity index (χ1) is 17.1. The Kier molecular flexibility index (Phi) is 10.1. The molecule has 9 heteroatoms. The van der Waals surface area contributed by atoms with Crippen LogP contribution in [-0.2, 0) is 11.3 Å². The van der Waals surface area contributed by atoms with Crippen molar-refractivity contribution in [2.24, 2.45) is 5.41 Å². The van der Waals surface area contributed by atoms with Crippen LogP contribution in [0, 0.1) is 11.2 Å². The fourth-order valence-electron chi connectivity index (χ4n) is 5.07. The molecular formula is C27H39FN2O4S2. The van der Waals surface area contributed by atoms with E-state index in [1.54, 1.807) is 6.07 Å². The number of fused-ring (bicyclic) bond motifs is 1. The number of aliphatic carboxylic acids is 1. The van der Waals surface area contributed by atoms with Crippen molar-refractivity contribution in [3.8, 4) is 0 Å². The fraction of sp³-hybridized carbons (Fsp3) is 0.519. The summed E-state index contributed by atoms with van der Waals surface area (Å²) in [4.78, 5) is 14.4. The Labute approximate surface area is 220 Å². The van der Waals surface area contributed by atoms with Crippen molar-refractivity contribution in [2.45, 2.75) is 68.7 Å². The van der Waals surface area contributed by atoms with Crippen molar-refractivity contribution in [2.75, 3.05) is 30.0 Å². The Bertz CT molecular complexity index is 1040. The van der Waals surface area contributed by atoms with Gasteiger partial charge in [-0.25, -0.2) is 4.39 Å². The van der Waals surface area contributed by atoms with E-state index in [0.717, 1.165) is 49.0 Å². The Morgan fingerprint density at radius 1 is 1.17 bits per heavy atom. The quantitative estimate of drug-likeness (QED) is 0.210. The number of hydrogen-bond acceptors (Lipinski definition) is 6. The summed E-state index contributed by atoms with van der Waals surface area (Å²) in [5.74, 6) is -1.02. The van der Waals surface area contributed by atoms with Crippen molar-refractivity contribution in [3.05, 3.63) is 47.8 Å². The molecule has 4 N–H and O–H groups in total. The van der Waals surface area contributed by atoms with Crippen molar-refractivity contribution in [3.63, 3.8) is 0 Å². The molecule has 0 saturated carbocycles. The normalized spacial score (nSPS) is 17.3. The lowest BCUT2D eigenvalue weighted by molar-refractivity contribution is -0.136. The molecule has 1 aliphatic heterocycles. The van der Waals surface area contributed by atoms with Gasteiger partial charge in [0.05, 0.1) is 17.1 Å². The molecule has 0 fully saturated rings. The number of nitrogens with zero attached hydrogens (tertiary/aromatic N) is 1. The van der Waals surface area contributed by atoms with Gasteiger partial charge >= 0.3 is 5.97 Å². The largest absolute Gasteiger partial charge is 0.480 e. The van der Waals surface area contributed by atoms with Gasteiger partial charge in [0.1, 0.15) is 5.82 Å². The number of halogens is 1. The highest BCUT2D eigenvalue weighted by molar-refractivity contribution is 8.24. The van der Waals surface area contributed by atoms with E-state index in [4.69, 9.17) is 5.11 Å². The summed E-state index contributed by atoms with van der Waals surface area (Å²) in [6.07, 6.45) is 7.64. The Balaban J connectivity index is 2.19. The molecule has 36 heavy (non-hydrogen) atoms. The number of carboxylic acids is 1. The van der Waals surface area contributed by atoms with Crippen molar-refractivity contribution in [1.82, 2.24) is 5.32 Å². The van der Waals surface area contributed by atoms with Gasteiger partial charge in [-0.15, -0.1) is 11.8 Å².